The second-order valence-electron chi connectivity index (χ2n) is 9.35. The van der Waals surface area contributed by atoms with Gasteiger partial charge in [-0.1, -0.05) is 19.9 Å². The Labute approximate surface area is 181 Å². The number of piperidine rings is 1. The molecule has 0 aromatic heterocycles. The van der Waals surface area contributed by atoms with Crippen LogP contribution in [0, 0.1) is 5.41 Å². The first kappa shape index (κ1) is 22.7. The van der Waals surface area contributed by atoms with Crippen molar-refractivity contribution in [3.63, 3.8) is 0 Å². The first-order valence-corrected chi connectivity index (χ1v) is 10.4. The molecular weight excluding hydrogens is 400 g/mol. The average Bonchev–Trinajstić information content (AvgIpc) is 2.91. The summed E-state index contributed by atoms with van der Waals surface area (Å²) in [6.45, 7) is 10.4. The minimum Gasteiger partial charge on any atom is -0.441 e. The van der Waals surface area contributed by atoms with Gasteiger partial charge in [0.05, 0.1) is 16.5 Å². The third-order valence-corrected chi connectivity index (χ3v) is 5.60. The Morgan fingerprint density at radius 2 is 1.65 bits per heavy atom. The molecule has 3 rings (SSSR count). The molecule has 2 heterocycles. The van der Waals surface area contributed by atoms with Crippen LogP contribution < -0.4 is 0 Å². The van der Waals surface area contributed by atoms with Gasteiger partial charge in [-0.3, -0.25) is 28.9 Å². The summed E-state index contributed by atoms with van der Waals surface area (Å²) in [7, 11) is 0. The molecule has 0 bridgehead atoms. The van der Waals surface area contributed by atoms with Crippen LogP contribution in [0.2, 0.25) is 0 Å². The van der Waals surface area contributed by atoms with E-state index in [1.807, 2.05) is 13.8 Å². The van der Waals surface area contributed by atoms with E-state index in [0.29, 0.717) is 0 Å². The summed E-state index contributed by atoms with van der Waals surface area (Å²) in [6, 6.07) is 3.97. The lowest BCUT2D eigenvalue weighted by Crippen LogP contribution is -2.59. The van der Waals surface area contributed by atoms with Crippen molar-refractivity contribution in [2.24, 2.45) is 5.41 Å². The standard InChI is InChI=1S/C23H28N2O6/c1-12(2)14-7-8-15-16(11-14)20(28)25(19(15)27)17-9-10-18(26)24(21(17)29)13(3)31-22(30)23(4,5)6/h7-8,11-13,17H,9-10H2,1-6H3. The monoisotopic (exact) mass is 428 g/mol. The molecule has 1 saturated heterocycles. The summed E-state index contributed by atoms with van der Waals surface area (Å²) < 4.78 is 5.32. The van der Waals surface area contributed by atoms with Crippen LogP contribution in [0.5, 0.6) is 0 Å². The van der Waals surface area contributed by atoms with Crippen LogP contribution in [0.15, 0.2) is 18.2 Å². The van der Waals surface area contributed by atoms with Gasteiger partial charge in [-0.15, -0.1) is 0 Å². The topological polar surface area (TPSA) is 101 Å². The van der Waals surface area contributed by atoms with E-state index < -0.39 is 47.3 Å². The minimum absolute atomic E-state index is 0.0383. The Bertz CT molecular complexity index is 975. The molecule has 0 spiro atoms. The maximum absolute atomic E-state index is 13.2. The van der Waals surface area contributed by atoms with Gasteiger partial charge in [-0.05, 0) is 57.7 Å². The van der Waals surface area contributed by atoms with Gasteiger partial charge < -0.3 is 4.74 Å². The number of esters is 1. The molecule has 1 fully saturated rings. The Kier molecular flexibility index (Phi) is 5.78. The quantitative estimate of drug-likeness (QED) is 0.540. The van der Waals surface area contributed by atoms with E-state index in [1.165, 1.54) is 6.92 Å². The zero-order valence-corrected chi connectivity index (χ0v) is 18.7. The summed E-state index contributed by atoms with van der Waals surface area (Å²) in [6.07, 6.45) is -1.15. The van der Waals surface area contributed by atoms with Gasteiger partial charge in [0.15, 0.2) is 6.23 Å². The van der Waals surface area contributed by atoms with Gasteiger partial charge >= 0.3 is 5.97 Å². The van der Waals surface area contributed by atoms with Crippen molar-refractivity contribution in [3.05, 3.63) is 34.9 Å². The predicted molar refractivity (Wildman–Crippen MR) is 111 cm³/mol. The zero-order chi connectivity index (χ0) is 23.2. The van der Waals surface area contributed by atoms with Gasteiger partial charge in [-0.25, -0.2) is 4.90 Å². The van der Waals surface area contributed by atoms with Crippen molar-refractivity contribution in [2.45, 2.75) is 72.6 Å². The first-order chi connectivity index (χ1) is 14.3. The van der Waals surface area contributed by atoms with E-state index in [1.54, 1.807) is 39.0 Å². The molecular formula is C23H28N2O6. The highest BCUT2D eigenvalue weighted by atomic mass is 16.6. The van der Waals surface area contributed by atoms with Gasteiger partial charge in [-0.2, -0.15) is 0 Å². The fourth-order valence-electron chi connectivity index (χ4n) is 3.71. The summed E-state index contributed by atoms with van der Waals surface area (Å²) in [4.78, 5) is 65.7. The summed E-state index contributed by atoms with van der Waals surface area (Å²) in [5.41, 5.74) is 0.611. The van der Waals surface area contributed by atoms with Crippen molar-refractivity contribution < 1.29 is 28.7 Å². The van der Waals surface area contributed by atoms with Gasteiger partial charge in [0.25, 0.3) is 17.7 Å². The van der Waals surface area contributed by atoms with E-state index in [0.717, 1.165) is 15.4 Å². The Balaban J connectivity index is 1.87. The van der Waals surface area contributed by atoms with E-state index in [9.17, 15) is 24.0 Å². The molecule has 2 aliphatic heterocycles. The number of likely N-dealkylation sites (tertiary alicyclic amines) is 1. The number of carbonyl (C=O) groups is 5. The predicted octanol–water partition coefficient (Wildman–Crippen LogP) is 2.86. The van der Waals surface area contributed by atoms with E-state index >= 15 is 0 Å². The van der Waals surface area contributed by atoms with Crippen molar-refractivity contribution in [1.82, 2.24) is 9.80 Å². The fraction of sp³-hybridized carbons (Fsp3) is 0.522. The third-order valence-electron chi connectivity index (χ3n) is 5.60. The number of nitrogens with zero attached hydrogens (tertiary/aromatic N) is 2. The molecule has 2 atom stereocenters. The lowest BCUT2D eigenvalue weighted by atomic mass is 9.97. The minimum atomic E-state index is -1.14. The SMILES string of the molecule is CC(C)c1ccc2c(c1)C(=O)N(C1CCC(=O)N(C(C)OC(=O)C(C)(C)C)C1=O)C2=O. The molecule has 0 saturated carbocycles. The summed E-state index contributed by atoms with van der Waals surface area (Å²) >= 11 is 0. The highest BCUT2D eigenvalue weighted by Gasteiger charge is 2.48. The Morgan fingerprint density at radius 3 is 2.23 bits per heavy atom. The van der Waals surface area contributed by atoms with Crippen molar-refractivity contribution in [1.29, 1.82) is 0 Å². The smallest absolute Gasteiger partial charge is 0.313 e. The van der Waals surface area contributed by atoms with Gasteiger partial charge in [0.2, 0.25) is 5.91 Å². The number of carbonyl (C=O) groups excluding carboxylic acids is 5. The Morgan fingerprint density at radius 1 is 1.03 bits per heavy atom. The molecule has 8 nitrogen and oxygen atoms in total. The number of hydrogen-bond donors (Lipinski definition) is 0. The highest BCUT2D eigenvalue weighted by Crippen LogP contribution is 2.32. The molecule has 0 N–H and O–H groups in total. The van der Waals surface area contributed by atoms with Crippen LogP contribution in [0.1, 0.15) is 86.6 Å². The summed E-state index contributed by atoms with van der Waals surface area (Å²) in [5, 5.41) is 0. The molecule has 2 aliphatic rings. The lowest BCUT2D eigenvalue weighted by Gasteiger charge is -2.37. The highest BCUT2D eigenvalue weighted by molar-refractivity contribution is 6.23. The van der Waals surface area contributed by atoms with Crippen LogP contribution in [-0.4, -0.2) is 51.7 Å². The Hall–Kier alpha value is -3.03. The van der Waals surface area contributed by atoms with Crippen molar-refractivity contribution >= 4 is 29.6 Å². The van der Waals surface area contributed by atoms with Gasteiger partial charge in [0.1, 0.15) is 6.04 Å². The third kappa shape index (κ3) is 3.98. The molecule has 4 amide bonds. The van der Waals surface area contributed by atoms with Crippen molar-refractivity contribution in [3.8, 4) is 0 Å². The van der Waals surface area contributed by atoms with Crippen LogP contribution in [0.25, 0.3) is 0 Å². The second kappa shape index (κ2) is 7.90. The number of imide groups is 2. The fourth-order valence-corrected chi connectivity index (χ4v) is 3.71. The number of benzene rings is 1. The van der Waals surface area contributed by atoms with Crippen LogP contribution in [0.3, 0.4) is 0 Å². The molecule has 2 unspecified atom stereocenters. The van der Waals surface area contributed by atoms with Crippen LogP contribution in [-0.2, 0) is 19.1 Å². The lowest BCUT2D eigenvalue weighted by molar-refractivity contribution is -0.178. The number of rotatable bonds is 4. The first-order valence-electron chi connectivity index (χ1n) is 10.4. The normalized spacial score (nSPS) is 20.4. The molecule has 1 aromatic rings. The van der Waals surface area contributed by atoms with Crippen LogP contribution >= 0.6 is 0 Å². The van der Waals surface area contributed by atoms with E-state index in [-0.39, 0.29) is 29.9 Å². The van der Waals surface area contributed by atoms with E-state index in [2.05, 4.69) is 0 Å². The van der Waals surface area contributed by atoms with E-state index in [4.69, 9.17) is 4.74 Å². The molecule has 8 heteroatoms. The number of amides is 4. The molecule has 0 aliphatic carbocycles. The zero-order valence-electron chi connectivity index (χ0n) is 18.7. The molecule has 31 heavy (non-hydrogen) atoms. The van der Waals surface area contributed by atoms with Crippen molar-refractivity contribution in [2.75, 3.05) is 0 Å². The van der Waals surface area contributed by atoms with Crippen LogP contribution in [0.4, 0.5) is 0 Å². The number of ether oxygens (including phenoxy) is 1. The van der Waals surface area contributed by atoms with Gasteiger partial charge in [0, 0.05) is 6.42 Å². The molecule has 0 radical (unpaired) electrons. The molecule has 166 valence electrons. The molecule has 1 aromatic carbocycles. The average molecular weight is 428 g/mol. The maximum Gasteiger partial charge on any atom is 0.313 e. The summed E-state index contributed by atoms with van der Waals surface area (Å²) in [5.74, 6) is -2.72. The second-order valence-corrected chi connectivity index (χ2v) is 9.35. The maximum atomic E-state index is 13.2. The number of hydrogen-bond acceptors (Lipinski definition) is 6. The largest absolute Gasteiger partial charge is 0.441 e. The number of fused-ring (bicyclic) bond motifs is 1.